The molecule has 0 saturated heterocycles. The molecule has 15 heavy (non-hydrogen) atoms. The maximum absolute atomic E-state index is 4.53. The number of hydrogen-bond donors (Lipinski definition) is 0. The zero-order chi connectivity index (χ0) is 10.7. The number of aromatic nitrogens is 1. The summed E-state index contributed by atoms with van der Waals surface area (Å²) < 4.78 is 0. The lowest BCUT2D eigenvalue weighted by Crippen LogP contribution is -1.81. The number of halogens is 1. The molecule has 3 heteroatoms. The van der Waals surface area contributed by atoms with Crippen molar-refractivity contribution in [2.24, 2.45) is 0 Å². The van der Waals surface area contributed by atoms with E-state index in [1.54, 1.807) is 11.3 Å². The number of benzene rings is 1. The normalized spacial score (nSPS) is 10.5. The summed E-state index contributed by atoms with van der Waals surface area (Å²) >= 11 is 5.11. The van der Waals surface area contributed by atoms with Crippen LogP contribution in [-0.4, -0.2) is 4.98 Å². The van der Waals surface area contributed by atoms with Crippen LogP contribution in [0.2, 0.25) is 0 Å². The third-order valence-corrected chi connectivity index (χ3v) is 3.81. The molecular formula is C12H12BrNS. The van der Waals surface area contributed by atoms with Gasteiger partial charge in [-0.05, 0) is 12.0 Å². The second-order valence-corrected chi connectivity index (χ2v) is 4.75. The first-order chi connectivity index (χ1) is 7.33. The fourth-order valence-corrected chi connectivity index (χ4v) is 2.71. The van der Waals surface area contributed by atoms with Crippen LogP contribution in [0.25, 0.3) is 10.6 Å². The lowest BCUT2D eigenvalue weighted by molar-refractivity contribution is 1.14. The molecule has 2 rings (SSSR count). The highest BCUT2D eigenvalue weighted by Crippen LogP contribution is 2.24. The van der Waals surface area contributed by atoms with Gasteiger partial charge < -0.3 is 0 Å². The molecule has 0 aliphatic carbocycles. The summed E-state index contributed by atoms with van der Waals surface area (Å²) in [6.07, 6.45) is 1.09. The Hall–Kier alpha value is -0.670. The zero-order valence-corrected chi connectivity index (χ0v) is 10.9. The van der Waals surface area contributed by atoms with Gasteiger partial charge in [-0.15, -0.1) is 11.3 Å². The number of thiazole rings is 1. The van der Waals surface area contributed by atoms with Crippen LogP contribution >= 0.6 is 27.3 Å². The molecule has 0 unspecified atom stereocenters. The van der Waals surface area contributed by atoms with Gasteiger partial charge in [-0.3, -0.25) is 0 Å². The van der Waals surface area contributed by atoms with Gasteiger partial charge in [0.2, 0.25) is 0 Å². The standard InChI is InChI=1S/C12H12BrNS/c1-2-9-3-5-10(6-4-9)12-14-11(7-13)8-15-12/h3-6,8H,2,7H2,1H3. The van der Waals surface area contributed by atoms with E-state index in [0.29, 0.717) is 0 Å². The van der Waals surface area contributed by atoms with Crippen LogP contribution in [0.3, 0.4) is 0 Å². The van der Waals surface area contributed by atoms with Gasteiger partial charge in [-0.25, -0.2) is 4.98 Å². The second-order valence-electron chi connectivity index (χ2n) is 3.33. The fraction of sp³-hybridized carbons (Fsp3) is 0.250. The first kappa shape index (κ1) is 10.8. The first-order valence-electron chi connectivity index (χ1n) is 4.93. The van der Waals surface area contributed by atoms with Gasteiger partial charge in [0.15, 0.2) is 0 Å². The molecular weight excluding hydrogens is 270 g/mol. The Balaban J connectivity index is 2.28. The molecule has 1 heterocycles. The van der Waals surface area contributed by atoms with E-state index in [4.69, 9.17) is 0 Å². The number of rotatable bonds is 3. The highest BCUT2D eigenvalue weighted by molar-refractivity contribution is 9.08. The molecule has 0 N–H and O–H groups in total. The van der Waals surface area contributed by atoms with Gasteiger partial charge in [0.25, 0.3) is 0 Å². The van der Waals surface area contributed by atoms with Crippen LogP contribution in [0.1, 0.15) is 18.2 Å². The Kier molecular flexibility index (Phi) is 3.54. The van der Waals surface area contributed by atoms with E-state index in [-0.39, 0.29) is 0 Å². The number of nitrogens with zero attached hydrogens (tertiary/aromatic N) is 1. The summed E-state index contributed by atoms with van der Waals surface area (Å²) in [6, 6.07) is 8.64. The van der Waals surface area contributed by atoms with Crippen molar-refractivity contribution in [2.45, 2.75) is 18.7 Å². The van der Waals surface area contributed by atoms with Crippen LogP contribution in [-0.2, 0) is 11.8 Å². The Labute approximate surface area is 102 Å². The molecule has 0 aliphatic heterocycles. The highest BCUT2D eigenvalue weighted by atomic mass is 79.9. The van der Waals surface area contributed by atoms with Gasteiger partial charge >= 0.3 is 0 Å². The van der Waals surface area contributed by atoms with Gasteiger partial charge in [0.1, 0.15) is 5.01 Å². The van der Waals surface area contributed by atoms with Crippen LogP contribution < -0.4 is 0 Å². The molecule has 0 atom stereocenters. The molecule has 0 saturated carbocycles. The average Bonchev–Trinajstić information content (AvgIpc) is 2.78. The third kappa shape index (κ3) is 2.47. The fourth-order valence-electron chi connectivity index (χ4n) is 1.38. The van der Waals surface area contributed by atoms with Gasteiger partial charge in [0, 0.05) is 16.3 Å². The zero-order valence-electron chi connectivity index (χ0n) is 8.53. The van der Waals surface area contributed by atoms with Crippen LogP contribution in [0, 0.1) is 0 Å². The van der Waals surface area contributed by atoms with Crippen molar-refractivity contribution in [2.75, 3.05) is 0 Å². The summed E-state index contributed by atoms with van der Waals surface area (Å²) in [4.78, 5) is 4.53. The summed E-state index contributed by atoms with van der Waals surface area (Å²) in [7, 11) is 0. The molecule has 1 aromatic carbocycles. The smallest absolute Gasteiger partial charge is 0.123 e. The molecule has 0 fully saturated rings. The quantitative estimate of drug-likeness (QED) is 0.766. The van der Waals surface area contributed by atoms with E-state index in [0.717, 1.165) is 22.5 Å². The van der Waals surface area contributed by atoms with E-state index >= 15 is 0 Å². The number of alkyl halides is 1. The van der Waals surface area contributed by atoms with Crippen molar-refractivity contribution < 1.29 is 0 Å². The number of aryl methyl sites for hydroxylation is 1. The summed E-state index contributed by atoms with van der Waals surface area (Å²) in [5.74, 6) is 0. The van der Waals surface area contributed by atoms with Crippen LogP contribution in [0.15, 0.2) is 29.6 Å². The van der Waals surface area contributed by atoms with E-state index in [1.165, 1.54) is 11.1 Å². The molecule has 0 bridgehead atoms. The predicted molar refractivity (Wildman–Crippen MR) is 69.6 cm³/mol. The second kappa shape index (κ2) is 4.90. The summed E-state index contributed by atoms with van der Waals surface area (Å²) in [5.41, 5.74) is 3.69. The molecule has 0 amide bonds. The lowest BCUT2D eigenvalue weighted by atomic mass is 10.1. The van der Waals surface area contributed by atoms with Crippen molar-refractivity contribution in [3.63, 3.8) is 0 Å². The predicted octanol–water partition coefficient (Wildman–Crippen LogP) is 4.27. The minimum atomic E-state index is 0.830. The Morgan fingerprint density at radius 3 is 2.53 bits per heavy atom. The molecule has 0 aliphatic rings. The van der Waals surface area contributed by atoms with Gasteiger partial charge in [0.05, 0.1) is 5.69 Å². The maximum atomic E-state index is 4.53. The Bertz CT molecular complexity index is 433. The van der Waals surface area contributed by atoms with Crippen molar-refractivity contribution in [1.29, 1.82) is 0 Å². The summed E-state index contributed by atoms with van der Waals surface area (Å²) in [6.45, 7) is 2.17. The Morgan fingerprint density at radius 2 is 2.00 bits per heavy atom. The van der Waals surface area contributed by atoms with Gasteiger partial charge in [-0.1, -0.05) is 47.1 Å². The molecule has 0 spiro atoms. The first-order valence-corrected chi connectivity index (χ1v) is 6.93. The minimum absolute atomic E-state index is 0.830. The minimum Gasteiger partial charge on any atom is -0.240 e. The van der Waals surface area contributed by atoms with E-state index < -0.39 is 0 Å². The lowest BCUT2D eigenvalue weighted by Gasteiger charge is -1.98. The topological polar surface area (TPSA) is 12.9 Å². The maximum Gasteiger partial charge on any atom is 0.123 e. The van der Waals surface area contributed by atoms with Crippen molar-refractivity contribution in [1.82, 2.24) is 4.98 Å². The van der Waals surface area contributed by atoms with Gasteiger partial charge in [-0.2, -0.15) is 0 Å². The third-order valence-electron chi connectivity index (χ3n) is 2.30. The molecule has 2 aromatic rings. The molecule has 0 radical (unpaired) electrons. The SMILES string of the molecule is CCc1ccc(-c2nc(CBr)cs2)cc1. The van der Waals surface area contributed by atoms with Crippen molar-refractivity contribution >= 4 is 27.3 Å². The number of hydrogen-bond acceptors (Lipinski definition) is 2. The van der Waals surface area contributed by atoms with Crippen LogP contribution in [0.5, 0.6) is 0 Å². The average molecular weight is 282 g/mol. The van der Waals surface area contributed by atoms with E-state index in [1.807, 2.05) is 0 Å². The molecule has 1 nitrogen and oxygen atoms in total. The van der Waals surface area contributed by atoms with E-state index in [9.17, 15) is 0 Å². The monoisotopic (exact) mass is 281 g/mol. The molecule has 1 aromatic heterocycles. The largest absolute Gasteiger partial charge is 0.240 e. The van der Waals surface area contributed by atoms with Crippen molar-refractivity contribution in [3.05, 3.63) is 40.9 Å². The summed E-state index contributed by atoms with van der Waals surface area (Å²) in [5, 5.41) is 4.03. The van der Waals surface area contributed by atoms with Crippen molar-refractivity contribution in [3.8, 4) is 10.6 Å². The van der Waals surface area contributed by atoms with E-state index in [2.05, 4.69) is 57.5 Å². The van der Waals surface area contributed by atoms with Crippen LogP contribution in [0.4, 0.5) is 0 Å². The molecule has 78 valence electrons. The highest BCUT2D eigenvalue weighted by Gasteiger charge is 2.03. The Morgan fingerprint density at radius 1 is 1.27 bits per heavy atom.